The zero-order valence-corrected chi connectivity index (χ0v) is 15.2. The van der Waals surface area contributed by atoms with Crippen LogP contribution in [0.3, 0.4) is 0 Å². The molecule has 0 saturated carbocycles. The molecule has 6 rings (SSSR count). The molecule has 2 heterocycles. The number of epoxide rings is 1. The van der Waals surface area contributed by atoms with Gasteiger partial charge in [0.25, 0.3) is 6.79 Å². The van der Waals surface area contributed by atoms with Gasteiger partial charge in [0, 0.05) is 12.0 Å². The lowest BCUT2D eigenvalue weighted by atomic mass is 9.65. The van der Waals surface area contributed by atoms with E-state index in [-0.39, 0.29) is 11.9 Å². The van der Waals surface area contributed by atoms with Gasteiger partial charge in [0.05, 0.1) is 12.0 Å². The fourth-order valence-corrected chi connectivity index (χ4v) is 5.22. The molecule has 5 atom stereocenters. The lowest BCUT2D eigenvalue weighted by molar-refractivity contribution is -0.354. The molecular formula is C23H17O6+. The van der Waals surface area contributed by atoms with E-state index in [0.717, 1.165) is 27.8 Å². The quantitative estimate of drug-likeness (QED) is 0.608. The summed E-state index contributed by atoms with van der Waals surface area (Å²) >= 11 is 0. The van der Waals surface area contributed by atoms with Gasteiger partial charge in [0.1, 0.15) is 17.5 Å². The van der Waals surface area contributed by atoms with Crippen LogP contribution in [-0.2, 0) is 24.3 Å². The highest BCUT2D eigenvalue weighted by atomic mass is 16.8. The first kappa shape index (κ1) is 16.7. The van der Waals surface area contributed by atoms with Crippen molar-refractivity contribution in [3.63, 3.8) is 0 Å². The number of hydrogen-bond acceptors (Lipinski definition) is 4. The molecule has 0 bridgehead atoms. The summed E-state index contributed by atoms with van der Waals surface area (Å²) in [6.07, 6.45) is 4.80. The molecule has 2 aliphatic heterocycles. The van der Waals surface area contributed by atoms with Crippen LogP contribution in [0.1, 0.15) is 11.1 Å². The molecule has 2 aromatic rings. The monoisotopic (exact) mass is 389 g/mol. The Kier molecular flexibility index (Phi) is 3.13. The zero-order valence-electron chi connectivity index (χ0n) is 15.2. The normalized spacial score (nSPS) is 32.6. The van der Waals surface area contributed by atoms with Crippen LogP contribution in [0.5, 0.6) is 11.5 Å². The third kappa shape index (κ3) is 2.02. The number of phenolic OH excluding ortho intramolecular Hbond substituents is 1. The van der Waals surface area contributed by atoms with Crippen molar-refractivity contribution in [2.24, 2.45) is 11.8 Å². The third-order valence-corrected chi connectivity index (χ3v) is 6.38. The number of benzene rings is 2. The minimum absolute atomic E-state index is 0.123. The van der Waals surface area contributed by atoms with Crippen LogP contribution < -0.4 is 0 Å². The number of hydrogen-bond donors (Lipinski definition) is 2. The van der Waals surface area contributed by atoms with Gasteiger partial charge in [-0.05, 0) is 46.0 Å². The lowest BCUT2D eigenvalue weighted by Crippen LogP contribution is -2.49. The topological polar surface area (TPSA) is 90.6 Å². The van der Waals surface area contributed by atoms with Gasteiger partial charge < -0.3 is 19.7 Å². The molecule has 6 nitrogen and oxygen atoms in total. The van der Waals surface area contributed by atoms with Crippen LogP contribution in [0, 0.1) is 11.8 Å². The van der Waals surface area contributed by atoms with E-state index in [1.165, 1.54) is 0 Å². The third-order valence-electron chi connectivity index (χ3n) is 6.38. The van der Waals surface area contributed by atoms with Gasteiger partial charge >= 0.3 is 11.7 Å². The molecule has 4 aliphatic rings. The fourth-order valence-electron chi connectivity index (χ4n) is 5.22. The van der Waals surface area contributed by atoms with Gasteiger partial charge in [-0.3, -0.25) is 4.79 Å². The lowest BCUT2D eigenvalue weighted by Gasteiger charge is -2.45. The van der Waals surface area contributed by atoms with Crippen LogP contribution in [0.4, 0.5) is 0 Å². The van der Waals surface area contributed by atoms with Crippen LogP contribution >= 0.6 is 0 Å². The summed E-state index contributed by atoms with van der Waals surface area (Å²) in [4.78, 5) is 12.2. The van der Waals surface area contributed by atoms with Crippen molar-refractivity contribution in [2.75, 3.05) is 0 Å². The van der Waals surface area contributed by atoms with Gasteiger partial charge in [-0.2, -0.15) is 0 Å². The highest BCUT2D eigenvalue weighted by molar-refractivity contribution is 5.84. The SMILES string of the molecule is C=[O+]c1ccc2c(c1)-c1cc(O)ccc1C21OC2OC2C2=CC=CC(C(=O)O)C21. The highest BCUT2D eigenvalue weighted by Gasteiger charge is 2.66. The Morgan fingerprint density at radius 1 is 1.14 bits per heavy atom. The standard InChI is InChI=1S/C23H16O6/c1-27-12-6-8-18-16(10-12)15-9-11(24)5-7-17(15)23(18)19-13(20-22(28-20)29-23)3-2-4-14(19)21(25)26/h2-10,14,19-20,22H,1H2,(H-,24,25,26)/p+1. The van der Waals surface area contributed by atoms with Crippen molar-refractivity contribution < 1.29 is 28.9 Å². The molecule has 144 valence electrons. The molecule has 0 radical (unpaired) electrons. The Balaban J connectivity index is 1.69. The average molecular weight is 389 g/mol. The van der Waals surface area contributed by atoms with Crippen LogP contribution in [0.25, 0.3) is 11.1 Å². The number of phenols is 1. The highest BCUT2D eigenvalue weighted by Crippen LogP contribution is 2.64. The fraction of sp³-hybridized carbons (Fsp3) is 0.217. The molecule has 2 aromatic carbocycles. The van der Waals surface area contributed by atoms with Gasteiger partial charge in [-0.25, -0.2) is 4.42 Å². The Hall–Kier alpha value is -3.22. The number of allylic oxidation sites excluding steroid dienone is 2. The van der Waals surface area contributed by atoms with E-state index in [1.54, 1.807) is 30.4 Å². The number of rotatable bonds is 2. The summed E-state index contributed by atoms with van der Waals surface area (Å²) in [6, 6.07) is 10.6. The van der Waals surface area contributed by atoms with Crippen molar-refractivity contribution in [1.29, 1.82) is 0 Å². The molecule has 1 spiro atoms. The largest absolute Gasteiger partial charge is 0.508 e. The summed E-state index contributed by atoms with van der Waals surface area (Å²) in [7, 11) is 0. The van der Waals surface area contributed by atoms with E-state index in [4.69, 9.17) is 13.9 Å². The van der Waals surface area contributed by atoms with Crippen molar-refractivity contribution in [3.8, 4) is 22.6 Å². The molecule has 2 saturated heterocycles. The van der Waals surface area contributed by atoms with Gasteiger partial charge in [0.2, 0.25) is 0 Å². The van der Waals surface area contributed by atoms with Crippen molar-refractivity contribution >= 4 is 12.8 Å². The second kappa shape index (κ2) is 5.43. The Labute approximate surface area is 166 Å². The maximum Gasteiger partial charge on any atom is 0.352 e. The Bertz CT molecular complexity index is 1160. The predicted octanol–water partition coefficient (Wildman–Crippen LogP) is 3.26. The Morgan fingerprint density at radius 3 is 2.66 bits per heavy atom. The van der Waals surface area contributed by atoms with Crippen molar-refractivity contribution in [2.45, 2.75) is 18.0 Å². The van der Waals surface area contributed by atoms with Crippen molar-refractivity contribution in [1.82, 2.24) is 0 Å². The first-order valence-corrected chi connectivity index (χ1v) is 9.39. The number of aliphatic carboxylic acids is 1. The first-order valence-electron chi connectivity index (χ1n) is 9.39. The van der Waals surface area contributed by atoms with Crippen LogP contribution in [0.15, 0.2) is 60.2 Å². The summed E-state index contributed by atoms with van der Waals surface area (Å²) in [5.41, 5.74) is 3.17. The first-order chi connectivity index (χ1) is 14.0. The van der Waals surface area contributed by atoms with E-state index in [9.17, 15) is 15.0 Å². The number of fused-ring (bicyclic) bond motifs is 9. The molecule has 29 heavy (non-hydrogen) atoms. The molecule has 2 fully saturated rings. The van der Waals surface area contributed by atoms with E-state index < -0.39 is 29.7 Å². The maximum absolute atomic E-state index is 12.2. The van der Waals surface area contributed by atoms with Gasteiger partial charge in [-0.15, -0.1) is 0 Å². The minimum Gasteiger partial charge on any atom is -0.508 e. The molecule has 0 amide bonds. The van der Waals surface area contributed by atoms with E-state index in [0.29, 0.717) is 5.75 Å². The van der Waals surface area contributed by atoms with E-state index >= 15 is 0 Å². The summed E-state index contributed by atoms with van der Waals surface area (Å²) < 4.78 is 17.4. The van der Waals surface area contributed by atoms with Gasteiger partial charge in [0.15, 0.2) is 6.29 Å². The average Bonchev–Trinajstić information content (AvgIpc) is 3.46. The maximum atomic E-state index is 12.2. The minimum atomic E-state index is -1.03. The summed E-state index contributed by atoms with van der Waals surface area (Å²) in [5.74, 6) is -1.45. The summed E-state index contributed by atoms with van der Waals surface area (Å²) in [6.45, 7) is 3.48. The molecule has 2 N–H and O–H groups in total. The molecular weight excluding hydrogens is 372 g/mol. The molecule has 2 aliphatic carbocycles. The number of carbonyl (C=O) groups is 1. The zero-order chi connectivity index (χ0) is 19.9. The second-order valence-corrected chi connectivity index (χ2v) is 7.75. The van der Waals surface area contributed by atoms with Crippen LogP contribution in [-0.4, -0.2) is 35.4 Å². The molecule has 0 aromatic heterocycles. The number of carboxylic acids is 1. The van der Waals surface area contributed by atoms with Gasteiger partial charge in [-0.1, -0.05) is 24.3 Å². The smallest absolute Gasteiger partial charge is 0.352 e. The second-order valence-electron chi connectivity index (χ2n) is 7.75. The van der Waals surface area contributed by atoms with E-state index in [1.807, 2.05) is 24.3 Å². The van der Waals surface area contributed by atoms with Crippen molar-refractivity contribution in [3.05, 3.63) is 71.3 Å². The van der Waals surface area contributed by atoms with Crippen LogP contribution in [0.2, 0.25) is 0 Å². The molecule has 5 unspecified atom stereocenters. The number of ether oxygens (including phenoxy) is 2. The number of carboxylic acid groups (broad SMARTS) is 1. The molecule has 6 heteroatoms. The number of carbonyl (C=O) groups excluding carboxylic acids is 1. The number of aromatic hydroxyl groups is 1. The predicted molar refractivity (Wildman–Crippen MR) is 102 cm³/mol. The van der Waals surface area contributed by atoms with E-state index in [2.05, 4.69) is 6.79 Å². The Morgan fingerprint density at radius 2 is 1.90 bits per heavy atom. The summed E-state index contributed by atoms with van der Waals surface area (Å²) in [5, 5.41) is 20.1.